The summed E-state index contributed by atoms with van der Waals surface area (Å²) < 4.78 is 11.3. The molecule has 1 aromatic rings. The number of hydrogen-bond donors (Lipinski definition) is 1. The van der Waals surface area contributed by atoms with E-state index in [2.05, 4.69) is 4.98 Å². The Morgan fingerprint density at radius 1 is 1.41 bits per heavy atom. The van der Waals surface area contributed by atoms with Crippen LogP contribution in [0.5, 0.6) is 0 Å². The van der Waals surface area contributed by atoms with Crippen LogP contribution in [0, 0.1) is 0 Å². The van der Waals surface area contributed by atoms with Crippen LogP contribution >= 0.6 is 0 Å². The number of rotatable bonds is 1. The Kier molecular flexibility index (Phi) is 2.38. The molecular weight excluding hydrogens is 220 g/mol. The van der Waals surface area contributed by atoms with Crippen molar-refractivity contribution in [3.05, 3.63) is 29.1 Å². The number of pyridine rings is 1. The van der Waals surface area contributed by atoms with Gasteiger partial charge in [0, 0.05) is 37.8 Å². The number of nitrogens with two attached hydrogens (primary N) is 1. The summed E-state index contributed by atoms with van der Waals surface area (Å²) >= 11 is 0. The Bertz CT molecular complexity index is 461. The third-order valence-electron chi connectivity index (χ3n) is 3.53. The van der Waals surface area contributed by atoms with Crippen LogP contribution in [0.2, 0.25) is 0 Å². The molecule has 0 unspecified atom stereocenters. The number of aromatic nitrogens is 1. The Morgan fingerprint density at radius 2 is 2.18 bits per heavy atom. The first-order valence-corrected chi connectivity index (χ1v) is 5.72. The second kappa shape index (κ2) is 3.78. The zero-order valence-corrected chi connectivity index (χ0v) is 9.44. The largest absolute Gasteiger partial charge is 0.381 e. The summed E-state index contributed by atoms with van der Waals surface area (Å²) in [6, 6.07) is 1.77. The van der Waals surface area contributed by atoms with Crippen LogP contribution < -0.4 is 5.73 Å². The van der Waals surface area contributed by atoms with Crippen molar-refractivity contribution in [1.82, 2.24) is 4.98 Å². The van der Waals surface area contributed by atoms with E-state index in [1.165, 1.54) is 0 Å². The molecule has 0 aliphatic carbocycles. The van der Waals surface area contributed by atoms with E-state index >= 15 is 0 Å². The summed E-state index contributed by atoms with van der Waals surface area (Å²) in [5, 5.41) is 0. The van der Waals surface area contributed by atoms with Gasteiger partial charge in [-0.2, -0.15) is 0 Å². The molecule has 5 heteroatoms. The molecular formula is C12H14N2O3. The molecule has 1 spiro atoms. The minimum Gasteiger partial charge on any atom is -0.381 e. The monoisotopic (exact) mass is 234 g/mol. The van der Waals surface area contributed by atoms with Crippen molar-refractivity contribution in [3.63, 3.8) is 0 Å². The van der Waals surface area contributed by atoms with E-state index in [-0.39, 0.29) is 5.60 Å². The maximum Gasteiger partial charge on any atom is 0.267 e. The van der Waals surface area contributed by atoms with Crippen LogP contribution in [-0.2, 0) is 21.7 Å². The molecule has 2 aliphatic heterocycles. The third-order valence-corrected chi connectivity index (χ3v) is 3.53. The molecule has 1 amide bonds. The van der Waals surface area contributed by atoms with E-state index in [1.807, 2.05) is 0 Å². The van der Waals surface area contributed by atoms with Crippen LogP contribution in [0.15, 0.2) is 12.3 Å². The smallest absolute Gasteiger partial charge is 0.267 e. The molecule has 1 fully saturated rings. The number of ether oxygens (including phenoxy) is 2. The van der Waals surface area contributed by atoms with Crippen LogP contribution in [-0.4, -0.2) is 24.1 Å². The maximum atomic E-state index is 11.2. The zero-order chi connectivity index (χ0) is 11.9. The number of primary amides is 1. The lowest BCUT2D eigenvalue weighted by Crippen LogP contribution is -2.33. The van der Waals surface area contributed by atoms with E-state index in [9.17, 15) is 4.79 Å². The van der Waals surface area contributed by atoms with Crippen LogP contribution in [0.25, 0.3) is 0 Å². The van der Waals surface area contributed by atoms with E-state index in [0.717, 1.165) is 24.0 Å². The molecule has 0 atom stereocenters. The second-order valence-electron chi connectivity index (χ2n) is 4.49. The molecule has 2 aliphatic rings. The van der Waals surface area contributed by atoms with Gasteiger partial charge in [0.2, 0.25) is 0 Å². The van der Waals surface area contributed by atoms with Gasteiger partial charge in [-0.3, -0.25) is 9.78 Å². The maximum absolute atomic E-state index is 11.2. The Labute approximate surface area is 98.9 Å². The van der Waals surface area contributed by atoms with Gasteiger partial charge >= 0.3 is 0 Å². The minimum absolute atomic E-state index is 0.291. The summed E-state index contributed by atoms with van der Waals surface area (Å²) in [5.41, 5.74) is 7.39. The first-order chi connectivity index (χ1) is 8.21. The van der Waals surface area contributed by atoms with E-state index in [1.54, 1.807) is 12.3 Å². The van der Waals surface area contributed by atoms with Gasteiger partial charge in [0.1, 0.15) is 5.69 Å². The number of fused-ring (bicyclic) bond motifs is 2. The van der Waals surface area contributed by atoms with Gasteiger partial charge in [0.15, 0.2) is 0 Å². The highest BCUT2D eigenvalue weighted by Gasteiger charge is 2.41. The fraction of sp³-hybridized carbons (Fsp3) is 0.500. The molecule has 2 N–H and O–H groups in total. The fourth-order valence-electron chi connectivity index (χ4n) is 2.57. The lowest BCUT2D eigenvalue weighted by Gasteiger charge is -2.33. The van der Waals surface area contributed by atoms with Crippen LogP contribution in [0.4, 0.5) is 0 Å². The molecule has 0 radical (unpaired) electrons. The Balaban J connectivity index is 2.04. The quantitative estimate of drug-likeness (QED) is 0.776. The molecule has 90 valence electrons. The van der Waals surface area contributed by atoms with Gasteiger partial charge in [-0.1, -0.05) is 0 Å². The van der Waals surface area contributed by atoms with Gasteiger partial charge in [-0.05, 0) is 11.6 Å². The number of carbonyl (C=O) groups is 1. The number of hydrogen-bond acceptors (Lipinski definition) is 4. The van der Waals surface area contributed by atoms with Gasteiger partial charge in [0.25, 0.3) is 5.91 Å². The number of nitrogens with zero attached hydrogens (tertiary/aromatic N) is 1. The lowest BCUT2D eigenvalue weighted by atomic mass is 9.86. The fourth-order valence-corrected chi connectivity index (χ4v) is 2.57. The van der Waals surface area contributed by atoms with Gasteiger partial charge in [0.05, 0.1) is 12.2 Å². The van der Waals surface area contributed by atoms with Crippen molar-refractivity contribution in [2.75, 3.05) is 13.2 Å². The van der Waals surface area contributed by atoms with Crippen molar-refractivity contribution in [1.29, 1.82) is 0 Å². The predicted molar refractivity (Wildman–Crippen MR) is 59.3 cm³/mol. The van der Waals surface area contributed by atoms with Crippen molar-refractivity contribution in [2.24, 2.45) is 5.73 Å². The van der Waals surface area contributed by atoms with Crippen LogP contribution in [0.1, 0.15) is 34.5 Å². The SMILES string of the molecule is NC(=O)c1cc2c(cn1)COC21CCOCC1. The number of amides is 1. The Hall–Kier alpha value is -1.46. The second-order valence-corrected chi connectivity index (χ2v) is 4.49. The van der Waals surface area contributed by atoms with Crippen molar-refractivity contribution >= 4 is 5.91 Å². The lowest BCUT2D eigenvalue weighted by molar-refractivity contribution is -0.107. The summed E-state index contributed by atoms with van der Waals surface area (Å²) in [6.45, 7) is 1.93. The van der Waals surface area contributed by atoms with Gasteiger partial charge in [-0.15, -0.1) is 0 Å². The molecule has 0 saturated carbocycles. The molecule has 0 aromatic carbocycles. The molecule has 5 nitrogen and oxygen atoms in total. The highest BCUT2D eigenvalue weighted by Crippen LogP contribution is 2.43. The molecule has 3 rings (SSSR count). The first kappa shape index (κ1) is 10.7. The highest BCUT2D eigenvalue weighted by atomic mass is 16.5. The third kappa shape index (κ3) is 1.62. The molecule has 1 saturated heterocycles. The van der Waals surface area contributed by atoms with Crippen molar-refractivity contribution in [3.8, 4) is 0 Å². The van der Waals surface area contributed by atoms with E-state index in [4.69, 9.17) is 15.2 Å². The van der Waals surface area contributed by atoms with E-state index in [0.29, 0.717) is 25.5 Å². The van der Waals surface area contributed by atoms with Crippen molar-refractivity contribution in [2.45, 2.75) is 25.0 Å². The normalized spacial score (nSPS) is 21.4. The van der Waals surface area contributed by atoms with Gasteiger partial charge in [-0.25, -0.2) is 0 Å². The van der Waals surface area contributed by atoms with E-state index < -0.39 is 5.91 Å². The minimum atomic E-state index is -0.498. The predicted octanol–water partition coefficient (Wildman–Crippen LogP) is 0.716. The number of carbonyl (C=O) groups excluding carboxylic acids is 1. The van der Waals surface area contributed by atoms with Gasteiger partial charge < -0.3 is 15.2 Å². The summed E-state index contributed by atoms with van der Waals surface area (Å²) in [4.78, 5) is 15.2. The molecule has 1 aromatic heterocycles. The standard InChI is InChI=1S/C12H14N2O3/c13-11(15)10-5-9-8(6-14-10)7-17-12(9)1-3-16-4-2-12/h5-6H,1-4,7H2,(H2,13,15). The summed E-state index contributed by atoms with van der Waals surface area (Å²) in [5.74, 6) is -0.498. The molecule has 17 heavy (non-hydrogen) atoms. The molecule has 0 bridgehead atoms. The Morgan fingerprint density at radius 3 is 2.88 bits per heavy atom. The van der Waals surface area contributed by atoms with Crippen LogP contribution in [0.3, 0.4) is 0 Å². The average molecular weight is 234 g/mol. The topological polar surface area (TPSA) is 74.4 Å². The zero-order valence-electron chi connectivity index (χ0n) is 9.44. The first-order valence-electron chi connectivity index (χ1n) is 5.72. The summed E-state index contributed by atoms with van der Waals surface area (Å²) in [7, 11) is 0. The molecule has 3 heterocycles. The average Bonchev–Trinajstić information content (AvgIpc) is 2.69. The van der Waals surface area contributed by atoms with Crippen molar-refractivity contribution < 1.29 is 14.3 Å². The summed E-state index contributed by atoms with van der Waals surface area (Å²) in [6.07, 6.45) is 3.34. The highest BCUT2D eigenvalue weighted by molar-refractivity contribution is 5.91.